The highest BCUT2D eigenvalue weighted by Crippen LogP contribution is 2.12. The molecule has 0 spiro atoms. The first-order chi connectivity index (χ1) is 7.21. The number of carbonyl (C=O) groups excluding carboxylic acids is 1. The van der Waals surface area contributed by atoms with Gasteiger partial charge in [-0.3, -0.25) is 9.69 Å². The first-order valence-electron chi connectivity index (χ1n) is 3.81. The average molecular weight is 211 g/mol. The molecule has 0 fully saturated rings. The Morgan fingerprint density at radius 1 is 1.60 bits per heavy atom. The van der Waals surface area contributed by atoms with Crippen molar-refractivity contribution in [2.24, 2.45) is 5.11 Å². The number of nitrogens with two attached hydrogens (primary N) is 1. The van der Waals surface area contributed by atoms with Gasteiger partial charge in [-0.2, -0.15) is 15.0 Å². The molecule has 3 N–H and O–H groups in total. The van der Waals surface area contributed by atoms with E-state index in [9.17, 15) is 4.79 Å². The molecule has 0 aliphatic heterocycles. The van der Waals surface area contributed by atoms with E-state index in [0.717, 1.165) is 4.90 Å². The van der Waals surface area contributed by atoms with Crippen LogP contribution in [-0.4, -0.2) is 35.2 Å². The van der Waals surface area contributed by atoms with Gasteiger partial charge in [-0.15, -0.1) is 5.11 Å². The molecule has 1 rings (SSSR count). The normalized spacial score (nSPS) is 9.67. The summed E-state index contributed by atoms with van der Waals surface area (Å²) in [6.07, 6.45) is 0.478. The molecule has 0 aliphatic rings. The summed E-state index contributed by atoms with van der Waals surface area (Å²) >= 11 is 0. The summed E-state index contributed by atoms with van der Waals surface area (Å²) in [6.45, 7) is -0.0234. The van der Waals surface area contributed by atoms with Crippen molar-refractivity contribution in [2.45, 2.75) is 0 Å². The van der Waals surface area contributed by atoms with E-state index in [4.69, 9.17) is 16.0 Å². The van der Waals surface area contributed by atoms with Gasteiger partial charge in [0.15, 0.2) is 0 Å². The molecule has 1 aromatic heterocycles. The molecule has 0 bridgehead atoms. The maximum Gasteiger partial charge on any atom is 0.274 e. The molecule has 0 saturated carbocycles. The van der Waals surface area contributed by atoms with Crippen molar-refractivity contribution in [1.29, 1.82) is 5.53 Å². The number of nitrogens with zero attached hydrogens (tertiary/aromatic N) is 5. The number of anilines is 2. The Labute approximate surface area is 84.8 Å². The zero-order valence-corrected chi connectivity index (χ0v) is 7.91. The predicted molar refractivity (Wildman–Crippen MR) is 49.5 cm³/mol. The van der Waals surface area contributed by atoms with Crippen molar-refractivity contribution in [3.8, 4) is 0 Å². The molecule has 0 saturated heterocycles. The second-order valence-corrected chi connectivity index (χ2v) is 2.40. The van der Waals surface area contributed by atoms with Gasteiger partial charge in [0.25, 0.3) is 5.95 Å². The molecule has 9 nitrogen and oxygen atoms in total. The Kier molecular flexibility index (Phi) is 3.57. The van der Waals surface area contributed by atoms with Crippen molar-refractivity contribution in [3.05, 3.63) is 0 Å². The number of aromatic nitrogens is 3. The molecule has 1 aromatic rings. The lowest BCUT2D eigenvalue weighted by Gasteiger charge is -2.13. The molecule has 15 heavy (non-hydrogen) atoms. The highest BCUT2D eigenvalue weighted by Gasteiger charge is 2.11. The molecular formula is C6H9N7O2. The van der Waals surface area contributed by atoms with Crippen LogP contribution >= 0.6 is 0 Å². The van der Waals surface area contributed by atoms with Gasteiger partial charge in [-0.1, -0.05) is 0 Å². The summed E-state index contributed by atoms with van der Waals surface area (Å²) < 4.78 is 4.74. The van der Waals surface area contributed by atoms with Gasteiger partial charge in [-0.25, -0.2) is 5.53 Å². The quantitative estimate of drug-likeness (QED) is 0.390. The van der Waals surface area contributed by atoms with Gasteiger partial charge in [0.1, 0.15) is 6.73 Å². The van der Waals surface area contributed by atoms with Crippen molar-refractivity contribution in [2.75, 3.05) is 24.5 Å². The highest BCUT2D eigenvalue weighted by atomic mass is 16.5. The van der Waals surface area contributed by atoms with Crippen LogP contribution in [0.3, 0.4) is 0 Å². The zero-order chi connectivity index (χ0) is 11.3. The van der Waals surface area contributed by atoms with E-state index in [1.54, 1.807) is 0 Å². The third kappa shape index (κ3) is 2.64. The number of amides is 1. The Morgan fingerprint density at radius 3 is 2.87 bits per heavy atom. The van der Waals surface area contributed by atoms with Crippen LogP contribution in [0.15, 0.2) is 5.11 Å². The molecule has 0 aromatic carbocycles. The number of ether oxygens (including phenoxy) is 1. The molecular weight excluding hydrogens is 202 g/mol. The van der Waals surface area contributed by atoms with Crippen LogP contribution < -0.4 is 10.6 Å². The molecule has 9 heteroatoms. The first-order valence-corrected chi connectivity index (χ1v) is 3.81. The summed E-state index contributed by atoms with van der Waals surface area (Å²) in [5, 5.41) is 2.99. The van der Waals surface area contributed by atoms with Gasteiger partial charge in [-0.05, 0) is 0 Å². The summed E-state index contributed by atoms with van der Waals surface area (Å²) in [6, 6.07) is 0. The van der Waals surface area contributed by atoms with E-state index in [1.165, 1.54) is 7.11 Å². The number of rotatable bonds is 5. The number of hydrogen-bond donors (Lipinski definition) is 2. The molecule has 0 aliphatic carbocycles. The molecule has 80 valence electrons. The summed E-state index contributed by atoms with van der Waals surface area (Å²) in [5.41, 5.74) is 12.1. The molecule has 1 amide bonds. The molecule has 1 heterocycles. The maximum absolute atomic E-state index is 10.6. The number of nitrogens with one attached hydrogen (secondary N) is 1. The van der Waals surface area contributed by atoms with Gasteiger partial charge in [0.05, 0.1) is 0 Å². The van der Waals surface area contributed by atoms with E-state index >= 15 is 0 Å². The fourth-order valence-electron chi connectivity index (χ4n) is 0.822. The predicted octanol–water partition coefficient (Wildman–Crippen LogP) is -0.317. The zero-order valence-electron chi connectivity index (χ0n) is 7.91. The first kappa shape index (κ1) is 10.9. The van der Waals surface area contributed by atoms with E-state index in [2.05, 4.69) is 20.1 Å². The fraction of sp³-hybridized carbons (Fsp3) is 0.333. The van der Waals surface area contributed by atoms with Crippen LogP contribution in [0.5, 0.6) is 0 Å². The van der Waals surface area contributed by atoms with Crippen molar-refractivity contribution in [1.82, 2.24) is 15.0 Å². The number of hydrogen-bond acceptors (Lipinski definition) is 8. The van der Waals surface area contributed by atoms with Crippen molar-refractivity contribution in [3.63, 3.8) is 0 Å². The lowest BCUT2D eigenvalue weighted by atomic mass is 10.7. The molecule has 0 unspecified atom stereocenters. The van der Waals surface area contributed by atoms with Crippen LogP contribution in [-0.2, 0) is 9.53 Å². The van der Waals surface area contributed by atoms with Gasteiger partial charge in [0, 0.05) is 7.11 Å². The van der Waals surface area contributed by atoms with Gasteiger partial charge >= 0.3 is 0 Å². The SMILES string of the molecule is COCN(C=O)c1nc(N)nc(N=N)n1. The smallest absolute Gasteiger partial charge is 0.274 e. The van der Waals surface area contributed by atoms with Crippen LogP contribution in [0.25, 0.3) is 0 Å². The summed E-state index contributed by atoms with van der Waals surface area (Å²) in [7, 11) is 1.41. The molecule has 0 radical (unpaired) electrons. The maximum atomic E-state index is 10.6. The van der Waals surface area contributed by atoms with Gasteiger partial charge < -0.3 is 10.5 Å². The lowest BCUT2D eigenvalue weighted by molar-refractivity contribution is -0.108. The van der Waals surface area contributed by atoms with Crippen LogP contribution in [0, 0.1) is 5.53 Å². The standard InChI is InChI=1S/C6H9N7O2/c1-15-3-13(2-14)6-10-4(7)9-5(11-6)12-8/h2,8H,3H2,1H3,(H2,7,9,10,11). The van der Waals surface area contributed by atoms with Gasteiger partial charge in [0.2, 0.25) is 18.3 Å². The van der Waals surface area contributed by atoms with E-state index in [1.807, 2.05) is 0 Å². The van der Waals surface area contributed by atoms with Crippen LogP contribution in [0.2, 0.25) is 0 Å². The second kappa shape index (κ2) is 4.91. The lowest BCUT2D eigenvalue weighted by Crippen LogP contribution is -2.26. The van der Waals surface area contributed by atoms with E-state index in [0.29, 0.717) is 6.41 Å². The largest absolute Gasteiger partial charge is 0.368 e. The number of carbonyl (C=O) groups is 1. The van der Waals surface area contributed by atoms with Crippen LogP contribution in [0.1, 0.15) is 0 Å². The average Bonchev–Trinajstić information content (AvgIpc) is 2.24. The van der Waals surface area contributed by atoms with E-state index in [-0.39, 0.29) is 24.6 Å². The fourth-order valence-corrected chi connectivity index (χ4v) is 0.822. The monoisotopic (exact) mass is 211 g/mol. The minimum absolute atomic E-state index is 0.00894. The topological polar surface area (TPSA) is 130 Å². The minimum atomic E-state index is -0.166. The Morgan fingerprint density at radius 2 is 2.33 bits per heavy atom. The Bertz CT molecular complexity index is 368. The third-order valence-electron chi connectivity index (χ3n) is 1.38. The highest BCUT2D eigenvalue weighted by molar-refractivity contribution is 5.71. The van der Waals surface area contributed by atoms with Crippen LogP contribution in [0.4, 0.5) is 17.8 Å². The Hall–Kier alpha value is -2.16. The number of nitrogen functional groups attached to an aromatic ring is 1. The third-order valence-corrected chi connectivity index (χ3v) is 1.38. The van der Waals surface area contributed by atoms with Crippen molar-refractivity contribution >= 4 is 24.3 Å². The van der Waals surface area contributed by atoms with Crippen molar-refractivity contribution < 1.29 is 9.53 Å². The summed E-state index contributed by atoms with van der Waals surface area (Å²) in [5.74, 6) is -0.292. The Balaban J connectivity index is 3.05. The van der Waals surface area contributed by atoms with E-state index < -0.39 is 0 Å². The second-order valence-electron chi connectivity index (χ2n) is 2.40. The molecule has 0 atom stereocenters. The summed E-state index contributed by atoms with van der Waals surface area (Å²) in [4.78, 5) is 22.6. The minimum Gasteiger partial charge on any atom is -0.368 e. The number of methoxy groups -OCH3 is 1.